The number of alkyl halides is 3. The van der Waals surface area contributed by atoms with Gasteiger partial charge in [0.1, 0.15) is 0 Å². The standard InChI is InChI=1S/C21H14ClF4N7O2.C12H24N3O.C2H4O2/c1-32-16(7-29-19(32)20(35)30-12-3-2-10(9-34)14(22)5-12)13-8-33(31-17(13)21(24,25)26)18-15(23)4-11(27)6-28-18;1-13-5-7-14(8-6-13)12(16)11-4-9-15(2,3)10-11;1-4-2-3/h2-9H,27H2,1H3,(H,30,35);11H,4-10H2,1-3H3;2H,1H3/q;+1;. The van der Waals surface area contributed by atoms with Crippen LogP contribution in [0.2, 0.25) is 5.02 Å². The van der Waals surface area contributed by atoms with Crippen LogP contribution < -0.4 is 11.1 Å². The molecule has 20 heteroatoms. The number of pyridine rings is 1. The average molecular weight is 794 g/mol. The quantitative estimate of drug-likeness (QED) is 0.160. The van der Waals surface area contributed by atoms with Gasteiger partial charge in [-0.25, -0.2) is 19.0 Å². The molecule has 0 saturated carbocycles. The number of anilines is 2. The summed E-state index contributed by atoms with van der Waals surface area (Å²) in [4.78, 5) is 56.8. The highest BCUT2D eigenvalue weighted by Gasteiger charge is 2.40. The third kappa shape index (κ3) is 10.6. The number of carbonyl (C=O) groups excluding carboxylic acids is 4. The molecule has 2 saturated heterocycles. The lowest BCUT2D eigenvalue weighted by atomic mass is 10.1. The molecule has 4 aromatic rings. The van der Waals surface area contributed by atoms with Crippen LogP contribution in [0.5, 0.6) is 0 Å². The van der Waals surface area contributed by atoms with Gasteiger partial charge >= 0.3 is 6.18 Å². The molecule has 1 unspecified atom stereocenters. The van der Waals surface area contributed by atoms with Gasteiger partial charge in [-0.05, 0) is 25.2 Å². The molecule has 0 bridgehead atoms. The van der Waals surface area contributed by atoms with E-state index in [0.29, 0.717) is 23.3 Å². The molecular formula is C35H42ClF4N10O5+. The van der Waals surface area contributed by atoms with Gasteiger partial charge in [-0.15, -0.1) is 0 Å². The Kier molecular flexibility index (Phi) is 13.7. The maximum Gasteiger partial charge on any atom is 0.435 e. The monoisotopic (exact) mass is 793 g/mol. The minimum atomic E-state index is -4.91. The van der Waals surface area contributed by atoms with Crippen molar-refractivity contribution in [3.63, 3.8) is 0 Å². The molecule has 1 atom stereocenters. The highest BCUT2D eigenvalue weighted by Crippen LogP contribution is 2.37. The van der Waals surface area contributed by atoms with Gasteiger partial charge in [-0.2, -0.15) is 18.3 Å². The number of rotatable bonds is 7. The fourth-order valence-corrected chi connectivity index (χ4v) is 6.25. The summed E-state index contributed by atoms with van der Waals surface area (Å²) in [6, 6.07) is 5.06. The molecule has 2 aliphatic heterocycles. The molecule has 6 rings (SSSR count). The Balaban J connectivity index is 0.000000278. The molecule has 2 aliphatic rings. The van der Waals surface area contributed by atoms with Crippen LogP contribution in [0.1, 0.15) is 33.1 Å². The highest BCUT2D eigenvalue weighted by molar-refractivity contribution is 6.33. The van der Waals surface area contributed by atoms with E-state index in [2.05, 4.69) is 56.1 Å². The molecule has 0 radical (unpaired) electrons. The van der Waals surface area contributed by atoms with Crippen molar-refractivity contribution < 1.29 is 46.0 Å². The molecule has 55 heavy (non-hydrogen) atoms. The van der Waals surface area contributed by atoms with Crippen LogP contribution >= 0.6 is 11.6 Å². The van der Waals surface area contributed by atoms with E-state index in [9.17, 15) is 31.9 Å². The molecule has 5 heterocycles. The van der Waals surface area contributed by atoms with E-state index in [-0.39, 0.29) is 39.4 Å². The summed E-state index contributed by atoms with van der Waals surface area (Å²) in [7, 11) is 9.21. The van der Waals surface area contributed by atoms with Crippen LogP contribution in [-0.2, 0) is 27.5 Å². The van der Waals surface area contributed by atoms with Crippen molar-refractivity contribution in [2.24, 2.45) is 13.0 Å². The van der Waals surface area contributed by atoms with Gasteiger partial charge in [0.05, 0.1) is 74.6 Å². The fraction of sp³-hybridized carbons (Fsp3) is 0.400. The molecule has 3 aromatic heterocycles. The zero-order valence-corrected chi connectivity index (χ0v) is 31.6. The zero-order valence-electron chi connectivity index (χ0n) is 30.8. The predicted molar refractivity (Wildman–Crippen MR) is 195 cm³/mol. The van der Waals surface area contributed by atoms with E-state index in [1.165, 1.54) is 32.4 Å². The van der Waals surface area contributed by atoms with Gasteiger partial charge in [0, 0.05) is 63.2 Å². The molecule has 296 valence electrons. The summed E-state index contributed by atoms with van der Waals surface area (Å²) in [6.45, 7) is 6.42. The maximum absolute atomic E-state index is 14.3. The number of benzene rings is 1. The molecule has 2 amide bonds. The maximum atomic E-state index is 14.3. The van der Waals surface area contributed by atoms with Crippen LogP contribution in [0.3, 0.4) is 0 Å². The third-order valence-corrected chi connectivity index (χ3v) is 9.28. The van der Waals surface area contributed by atoms with E-state index in [0.717, 1.165) is 79.4 Å². The molecule has 1 aromatic carbocycles. The Morgan fingerprint density at radius 3 is 2.29 bits per heavy atom. The second-order valence-corrected chi connectivity index (χ2v) is 13.9. The number of nitrogens with two attached hydrogens (primary N) is 1. The predicted octanol–water partition coefficient (Wildman–Crippen LogP) is 3.77. The van der Waals surface area contributed by atoms with Crippen LogP contribution in [0.4, 0.5) is 28.9 Å². The summed E-state index contributed by atoms with van der Waals surface area (Å²) < 4.78 is 62.2. The summed E-state index contributed by atoms with van der Waals surface area (Å²) in [5.74, 6) is -1.77. The third-order valence-electron chi connectivity index (χ3n) is 8.95. The Hall–Kier alpha value is -5.40. The van der Waals surface area contributed by atoms with Crippen LogP contribution in [0.15, 0.2) is 42.9 Å². The number of nitrogens with one attached hydrogen (secondary N) is 1. The van der Waals surface area contributed by atoms with Gasteiger partial charge in [0.25, 0.3) is 12.4 Å². The average Bonchev–Trinajstić information content (AvgIpc) is 3.85. The van der Waals surface area contributed by atoms with Crippen molar-refractivity contribution in [1.82, 2.24) is 34.1 Å². The largest absolute Gasteiger partial charge is 0.471 e. The van der Waals surface area contributed by atoms with E-state index in [1.807, 2.05) is 0 Å². The number of nitrogen functional groups attached to an aromatic ring is 1. The smallest absolute Gasteiger partial charge is 0.435 e. The molecule has 2 fully saturated rings. The van der Waals surface area contributed by atoms with Crippen molar-refractivity contribution in [2.75, 3.05) is 78.6 Å². The van der Waals surface area contributed by atoms with Crippen molar-refractivity contribution in [3.8, 4) is 17.1 Å². The number of aldehydes is 1. The number of piperazine rings is 1. The summed E-state index contributed by atoms with van der Waals surface area (Å²) in [6.07, 6.45) is -0.231. The Labute approximate surface area is 319 Å². The first-order chi connectivity index (χ1) is 25.9. The minimum Gasteiger partial charge on any atom is -0.471 e. The molecule has 0 aliphatic carbocycles. The van der Waals surface area contributed by atoms with Crippen LogP contribution in [-0.4, -0.2) is 131 Å². The second-order valence-electron chi connectivity index (χ2n) is 13.5. The lowest BCUT2D eigenvalue weighted by molar-refractivity contribution is -0.878. The first-order valence-corrected chi connectivity index (χ1v) is 17.2. The molecule has 3 N–H and O–H groups in total. The molecule has 0 spiro atoms. The SMILES string of the molecule is CN1CCN(C(=O)C2CC[N+](C)(C)C2)CC1.COC=O.Cn1c(-c2cn(-c3ncc(N)cc3F)nc2C(F)(F)F)cnc1C(=O)Nc1ccc(C=O)c(Cl)c1. The van der Waals surface area contributed by atoms with Gasteiger partial charge < -0.3 is 34.6 Å². The number of nitrogens with zero attached hydrogens (tertiary/aromatic N) is 8. The number of likely N-dealkylation sites (tertiary alicyclic amines) is 1. The van der Waals surface area contributed by atoms with Gasteiger partial charge in [-0.1, -0.05) is 11.6 Å². The van der Waals surface area contributed by atoms with E-state index < -0.39 is 35.0 Å². The second kappa shape index (κ2) is 17.8. The van der Waals surface area contributed by atoms with Crippen molar-refractivity contribution >= 4 is 47.5 Å². The zero-order chi connectivity index (χ0) is 40.7. The highest BCUT2D eigenvalue weighted by atomic mass is 35.5. The minimum absolute atomic E-state index is 0.0148. The molecule has 15 nitrogen and oxygen atoms in total. The van der Waals surface area contributed by atoms with Gasteiger partial charge in [0.15, 0.2) is 29.4 Å². The van der Waals surface area contributed by atoms with E-state index in [4.69, 9.17) is 22.1 Å². The number of likely N-dealkylation sites (N-methyl/N-ethyl adjacent to an activating group) is 1. The number of carbonyl (C=O) groups is 4. The van der Waals surface area contributed by atoms with Crippen molar-refractivity contribution in [1.29, 1.82) is 0 Å². The topological polar surface area (TPSA) is 171 Å². The number of methoxy groups -OCH3 is 1. The fourth-order valence-electron chi connectivity index (χ4n) is 6.02. The number of amides is 2. The number of quaternary nitrogens is 1. The van der Waals surface area contributed by atoms with Crippen LogP contribution in [0.25, 0.3) is 17.1 Å². The van der Waals surface area contributed by atoms with Crippen molar-refractivity contribution in [3.05, 3.63) is 70.8 Å². The van der Waals surface area contributed by atoms with E-state index >= 15 is 0 Å². The number of imidazole rings is 1. The normalized spacial score (nSPS) is 16.6. The first kappa shape index (κ1) is 42.3. The summed E-state index contributed by atoms with van der Waals surface area (Å²) in [5.41, 5.74) is 3.99. The summed E-state index contributed by atoms with van der Waals surface area (Å²) in [5, 5.41) is 6.08. The number of aromatic nitrogens is 5. The lowest BCUT2D eigenvalue weighted by Crippen LogP contribution is -2.49. The van der Waals surface area contributed by atoms with E-state index in [1.54, 1.807) is 0 Å². The lowest BCUT2D eigenvalue weighted by Gasteiger charge is -2.34. The number of hydrogen-bond acceptors (Lipinski definition) is 10. The first-order valence-electron chi connectivity index (χ1n) is 16.8. The number of hydrogen-bond donors (Lipinski definition) is 2. The molecular weight excluding hydrogens is 752 g/mol. The van der Waals surface area contributed by atoms with Crippen molar-refractivity contribution in [2.45, 2.75) is 12.6 Å². The number of ether oxygens (including phenoxy) is 1. The van der Waals surface area contributed by atoms with Gasteiger partial charge in [-0.3, -0.25) is 19.2 Å². The Morgan fingerprint density at radius 2 is 1.75 bits per heavy atom. The Bertz CT molecular complexity index is 2010. The van der Waals surface area contributed by atoms with Gasteiger partial charge in [0.2, 0.25) is 5.91 Å². The Morgan fingerprint density at radius 1 is 1.07 bits per heavy atom. The number of halogens is 5. The van der Waals surface area contributed by atoms with Crippen LogP contribution in [0, 0.1) is 11.7 Å². The summed E-state index contributed by atoms with van der Waals surface area (Å²) >= 11 is 5.95.